The lowest BCUT2D eigenvalue weighted by Gasteiger charge is -2.17. The molecule has 13 nitrogen and oxygen atoms in total. The first-order chi connectivity index (χ1) is 18.5. The number of esters is 1. The molecule has 3 rings (SSSR count). The fourth-order valence-electron chi connectivity index (χ4n) is 3.56. The number of nitrogens with two attached hydrogens (primary N) is 1. The van der Waals surface area contributed by atoms with Crippen molar-refractivity contribution in [2.75, 3.05) is 12.8 Å². The number of anilines is 1. The number of carbonyl (C=O) groups excluding carboxylic acids is 1. The molecular weight excluding hydrogens is 553 g/mol. The number of aromatic amines is 1. The molecule has 0 fully saturated rings. The molecule has 0 amide bonds. The molecule has 2 aromatic heterocycles. The highest BCUT2D eigenvalue weighted by atomic mass is 35.5. The fourth-order valence-corrected chi connectivity index (χ4v) is 4.11. The molecule has 0 aliphatic heterocycles. The number of H-pyrrole nitrogens is 1. The zero-order valence-corrected chi connectivity index (χ0v) is 23.3. The Kier molecular flexibility index (Phi) is 9.89. The van der Waals surface area contributed by atoms with Crippen LogP contribution in [0.3, 0.4) is 0 Å². The second-order valence-corrected chi connectivity index (χ2v) is 9.68. The lowest BCUT2D eigenvalue weighted by atomic mass is 10.1. The van der Waals surface area contributed by atoms with Gasteiger partial charge >= 0.3 is 11.7 Å². The Morgan fingerprint density at radius 3 is 2.41 bits per heavy atom. The van der Waals surface area contributed by atoms with Crippen molar-refractivity contribution in [3.63, 3.8) is 0 Å². The van der Waals surface area contributed by atoms with Gasteiger partial charge in [-0.15, -0.1) is 10.2 Å². The van der Waals surface area contributed by atoms with E-state index < -0.39 is 41.4 Å². The topological polar surface area (TPSA) is 176 Å². The summed E-state index contributed by atoms with van der Waals surface area (Å²) in [5.74, 6) is -1.21. The van der Waals surface area contributed by atoms with Crippen LogP contribution in [0, 0.1) is 0 Å². The zero-order chi connectivity index (χ0) is 28.9. The van der Waals surface area contributed by atoms with E-state index in [2.05, 4.69) is 15.5 Å². The molecule has 0 saturated heterocycles. The highest BCUT2D eigenvalue weighted by Gasteiger charge is 2.21. The summed E-state index contributed by atoms with van der Waals surface area (Å²) in [6, 6.07) is 3.58. The minimum absolute atomic E-state index is 0.0215. The number of rotatable bonds is 11. The molecule has 15 heteroatoms. The van der Waals surface area contributed by atoms with Crippen molar-refractivity contribution in [2.45, 2.75) is 58.7 Å². The largest absolute Gasteiger partial charge is 0.441 e. The molecule has 1 atom stereocenters. The Morgan fingerprint density at radius 2 is 1.82 bits per heavy atom. The summed E-state index contributed by atoms with van der Waals surface area (Å²) in [7, 11) is 1.66. The predicted octanol–water partition coefficient (Wildman–Crippen LogP) is 2.56. The van der Waals surface area contributed by atoms with Crippen LogP contribution in [0.15, 0.2) is 32.6 Å². The highest BCUT2D eigenvalue weighted by Crippen LogP contribution is 2.37. The lowest BCUT2D eigenvalue weighted by Crippen LogP contribution is -2.37. The highest BCUT2D eigenvalue weighted by molar-refractivity contribution is 6.37. The van der Waals surface area contributed by atoms with Gasteiger partial charge < -0.3 is 20.5 Å². The number of hydrogen-bond donors (Lipinski definition) is 3. The van der Waals surface area contributed by atoms with Gasteiger partial charge in [0.15, 0.2) is 12.5 Å². The van der Waals surface area contributed by atoms with Crippen LogP contribution in [0.5, 0.6) is 11.6 Å². The van der Waals surface area contributed by atoms with Crippen LogP contribution in [0.4, 0.5) is 5.82 Å². The number of likely N-dealkylation sites (N-methyl/N-ethyl adjacent to an activating group) is 1. The van der Waals surface area contributed by atoms with E-state index in [1.807, 2.05) is 25.8 Å². The minimum atomic E-state index is -0.852. The van der Waals surface area contributed by atoms with Crippen LogP contribution in [0.25, 0.3) is 5.69 Å². The van der Waals surface area contributed by atoms with Gasteiger partial charge in [0.1, 0.15) is 6.04 Å². The smallest absolute Gasteiger partial charge is 0.349 e. The summed E-state index contributed by atoms with van der Waals surface area (Å²) in [4.78, 5) is 51.2. The Labute approximate surface area is 232 Å². The van der Waals surface area contributed by atoms with E-state index in [4.69, 9.17) is 38.4 Å². The number of nitrogen functional groups attached to an aromatic ring is 1. The van der Waals surface area contributed by atoms with Crippen molar-refractivity contribution in [1.82, 2.24) is 29.9 Å². The molecule has 0 bridgehead atoms. The van der Waals surface area contributed by atoms with Crippen molar-refractivity contribution in [1.29, 1.82) is 0 Å². The number of benzene rings is 1. The van der Waals surface area contributed by atoms with Crippen LogP contribution in [0.2, 0.25) is 10.0 Å². The van der Waals surface area contributed by atoms with Gasteiger partial charge in [-0.25, -0.2) is 4.79 Å². The van der Waals surface area contributed by atoms with Gasteiger partial charge in [0.05, 0.1) is 15.7 Å². The van der Waals surface area contributed by atoms with Crippen LogP contribution in [-0.2, 0) is 16.3 Å². The van der Waals surface area contributed by atoms with Crippen LogP contribution in [0.1, 0.15) is 51.5 Å². The van der Waals surface area contributed by atoms with E-state index in [1.54, 1.807) is 7.05 Å². The molecule has 39 heavy (non-hydrogen) atoms. The minimum Gasteiger partial charge on any atom is -0.441 e. The lowest BCUT2D eigenvalue weighted by molar-refractivity contribution is -0.150. The van der Waals surface area contributed by atoms with Gasteiger partial charge in [-0.3, -0.25) is 19.4 Å². The third kappa shape index (κ3) is 7.05. The average Bonchev–Trinajstić information content (AvgIpc) is 2.88. The van der Waals surface area contributed by atoms with Crippen LogP contribution < -0.4 is 32.6 Å². The Bertz CT molecular complexity index is 1510. The van der Waals surface area contributed by atoms with Gasteiger partial charge in [0, 0.05) is 11.6 Å². The molecule has 3 aromatic rings. The molecule has 1 aromatic carbocycles. The third-order valence-corrected chi connectivity index (χ3v) is 6.26. The van der Waals surface area contributed by atoms with Gasteiger partial charge in [0.2, 0.25) is 11.7 Å². The van der Waals surface area contributed by atoms with Gasteiger partial charge in [0.25, 0.3) is 11.1 Å². The van der Waals surface area contributed by atoms with Crippen molar-refractivity contribution in [3.05, 3.63) is 65.0 Å². The number of unbranched alkanes of at least 4 members (excludes halogenated alkanes) is 1. The number of halogens is 2. The maximum atomic E-state index is 13.0. The summed E-state index contributed by atoms with van der Waals surface area (Å²) in [6.45, 7) is 5.21. The Balaban J connectivity index is 1.93. The zero-order valence-electron chi connectivity index (χ0n) is 21.8. The molecule has 0 aliphatic carbocycles. The van der Waals surface area contributed by atoms with E-state index in [0.29, 0.717) is 12.0 Å². The van der Waals surface area contributed by atoms with E-state index in [0.717, 1.165) is 22.2 Å². The van der Waals surface area contributed by atoms with Gasteiger partial charge in [-0.2, -0.15) is 9.36 Å². The fraction of sp³-hybridized carbons (Fsp3) is 0.417. The molecule has 4 N–H and O–H groups in total. The summed E-state index contributed by atoms with van der Waals surface area (Å²) in [6.07, 6.45) is 2.34. The van der Waals surface area contributed by atoms with Crippen molar-refractivity contribution in [2.24, 2.45) is 0 Å². The Morgan fingerprint density at radius 1 is 1.15 bits per heavy atom. The van der Waals surface area contributed by atoms with Crippen molar-refractivity contribution < 1.29 is 14.3 Å². The summed E-state index contributed by atoms with van der Waals surface area (Å²) < 4.78 is 13.0. The summed E-state index contributed by atoms with van der Waals surface area (Å²) in [5, 5.41) is 10.8. The summed E-state index contributed by atoms with van der Waals surface area (Å²) >= 11 is 12.8. The quantitative estimate of drug-likeness (QED) is 0.285. The van der Waals surface area contributed by atoms with Gasteiger partial charge in [-0.1, -0.05) is 56.8 Å². The molecular formula is C24H29Cl2N7O6. The van der Waals surface area contributed by atoms with Crippen molar-refractivity contribution in [3.8, 4) is 17.3 Å². The molecule has 2 heterocycles. The van der Waals surface area contributed by atoms with E-state index in [-0.39, 0.29) is 33.3 Å². The monoisotopic (exact) mass is 581 g/mol. The predicted molar refractivity (Wildman–Crippen MR) is 146 cm³/mol. The summed E-state index contributed by atoms with van der Waals surface area (Å²) in [5.41, 5.74) is 3.85. The molecule has 0 saturated carbocycles. The Hall–Kier alpha value is -3.68. The number of nitrogens with one attached hydrogen (secondary N) is 2. The SMILES string of the molecule is CCCC[C@H](NC)C(=O)OCn1nc(Oc2c(Cl)cc(-n3nc(N)c(=O)[nH]c3=O)cc2Cl)cc(C(C)C)c1=O. The van der Waals surface area contributed by atoms with Crippen LogP contribution in [-0.4, -0.2) is 43.6 Å². The van der Waals surface area contributed by atoms with E-state index in [1.165, 1.54) is 18.2 Å². The first-order valence-corrected chi connectivity index (χ1v) is 12.8. The standard InChI is InChI=1S/C24H29Cl2N7O6/c1-5-6-7-17(28-4)23(36)38-11-32-22(35)14(12(2)3)10-18(30-32)39-19-15(25)8-13(9-16(19)26)33-24(37)29-21(34)20(27)31-33/h8-10,12,17,28H,5-7,11H2,1-4H3,(H2,27,31)(H,29,34,37)/t17-/m0/s1. The first-order valence-electron chi connectivity index (χ1n) is 12.1. The normalized spacial score (nSPS) is 12.0. The third-order valence-electron chi connectivity index (χ3n) is 5.70. The van der Waals surface area contributed by atoms with Crippen molar-refractivity contribution >= 4 is 35.0 Å². The number of carbonyl (C=O) groups is 1. The second kappa shape index (κ2) is 12.9. The molecule has 0 aliphatic rings. The second-order valence-electron chi connectivity index (χ2n) is 8.87. The van der Waals surface area contributed by atoms with Crippen LogP contribution >= 0.6 is 23.2 Å². The maximum Gasteiger partial charge on any atom is 0.349 e. The number of nitrogens with zero attached hydrogens (tertiary/aromatic N) is 4. The van der Waals surface area contributed by atoms with Gasteiger partial charge in [-0.05, 0) is 31.5 Å². The molecule has 0 spiro atoms. The number of ether oxygens (including phenoxy) is 2. The average molecular weight is 582 g/mol. The molecule has 0 unspecified atom stereocenters. The number of aromatic nitrogens is 5. The van der Waals surface area contributed by atoms with E-state index in [9.17, 15) is 19.2 Å². The number of hydrogen-bond acceptors (Lipinski definition) is 10. The van der Waals surface area contributed by atoms with E-state index >= 15 is 0 Å². The molecule has 0 radical (unpaired) electrons. The molecule has 210 valence electrons. The maximum absolute atomic E-state index is 13.0. The first kappa shape index (κ1) is 29.9.